The van der Waals surface area contributed by atoms with E-state index in [-0.39, 0.29) is 0 Å². The van der Waals surface area contributed by atoms with E-state index in [1.807, 2.05) is 24.3 Å². The Morgan fingerprint density at radius 3 is 2.52 bits per heavy atom. The lowest BCUT2D eigenvalue weighted by molar-refractivity contribution is 0.302. The van der Waals surface area contributed by atoms with E-state index in [0.717, 1.165) is 29.4 Å². The van der Waals surface area contributed by atoms with E-state index in [9.17, 15) is 0 Å². The average molecular weight is 394 g/mol. The van der Waals surface area contributed by atoms with E-state index in [1.54, 1.807) is 11.3 Å². The molecule has 0 atom stereocenters. The summed E-state index contributed by atoms with van der Waals surface area (Å²) in [6.45, 7) is 2.14. The molecular weight excluding hydrogens is 374 g/mol. The fraction of sp³-hybridized carbons (Fsp3) is 0.130. The van der Waals surface area contributed by atoms with Crippen molar-refractivity contribution in [2.24, 2.45) is 0 Å². The monoisotopic (exact) mass is 393 g/mol. The summed E-state index contributed by atoms with van der Waals surface area (Å²) in [5.41, 5.74) is 2.30. The SMILES string of the molecule is Clc1ccc(COc2ccc3ccccc3c2CNCc2cccs2)cc1. The van der Waals surface area contributed by atoms with Gasteiger partial charge in [0.1, 0.15) is 12.4 Å². The van der Waals surface area contributed by atoms with E-state index in [1.165, 1.54) is 21.2 Å². The van der Waals surface area contributed by atoms with Crippen LogP contribution in [0.25, 0.3) is 10.8 Å². The Bertz CT molecular complexity index is 1010. The highest BCUT2D eigenvalue weighted by Crippen LogP contribution is 2.29. The van der Waals surface area contributed by atoms with Crippen molar-refractivity contribution >= 4 is 33.7 Å². The summed E-state index contributed by atoms with van der Waals surface area (Å²) in [4.78, 5) is 1.33. The number of hydrogen-bond acceptors (Lipinski definition) is 3. The van der Waals surface area contributed by atoms with Crippen molar-refractivity contribution in [1.82, 2.24) is 5.32 Å². The molecule has 4 heteroatoms. The quantitative estimate of drug-likeness (QED) is 0.391. The molecule has 1 aromatic heterocycles. The molecular formula is C23H20ClNOS. The zero-order valence-electron chi connectivity index (χ0n) is 14.8. The van der Waals surface area contributed by atoms with Crippen molar-refractivity contribution in [3.05, 3.63) is 99.2 Å². The summed E-state index contributed by atoms with van der Waals surface area (Å²) in [5, 5.41) is 8.85. The Morgan fingerprint density at radius 1 is 0.852 bits per heavy atom. The van der Waals surface area contributed by atoms with Gasteiger partial charge in [0.05, 0.1) is 0 Å². The number of rotatable bonds is 7. The number of hydrogen-bond donors (Lipinski definition) is 1. The second-order valence-electron chi connectivity index (χ2n) is 6.36. The van der Waals surface area contributed by atoms with Gasteiger partial charge in [-0.1, -0.05) is 60.1 Å². The maximum Gasteiger partial charge on any atom is 0.124 e. The first-order chi connectivity index (χ1) is 13.3. The van der Waals surface area contributed by atoms with Crippen LogP contribution in [0.15, 0.2) is 78.2 Å². The third-order valence-electron chi connectivity index (χ3n) is 4.49. The summed E-state index contributed by atoms with van der Waals surface area (Å²) in [6, 6.07) is 24.7. The summed E-state index contributed by atoms with van der Waals surface area (Å²) < 4.78 is 6.18. The molecule has 0 amide bonds. The van der Waals surface area contributed by atoms with Crippen LogP contribution in [0.3, 0.4) is 0 Å². The lowest BCUT2D eigenvalue weighted by Gasteiger charge is -2.15. The van der Waals surface area contributed by atoms with E-state index in [2.05, 4.69) is 59.2 Å². The number of halogens is 1. The lowest BCUT2D eigenvalue weighted by atomic mass is 10.0. The minimum atomic E-state index is 0.521. The summed E-state index contributed by atoms with van der Waals surface area (Å²) in [5.74, 6) is 0.919. The smallest absolute Gasteiger partial charge is 0.124 e. The predicted octanol–water partition coefficient (Wildman–Crippen LogP) is 6.42. The Balaban J connectivity index is 1.55. The van der Waals surface area contributed by atoms with Gasteiger partial charge in [-0.15, -0.1) is 11.3 Å². The van der Waals surface area contributed by atoms with Crippen LogP contribution in [-0.2, 0) is 19.7 Å². The molecule has 0 radical (unpaired) electrons. The molecule has 0 saturated heterocycles. The summed E-state index contributed by atoms with van der Waals surface area (Å²) in [6.07, 6.45) is 0. The molecule has 1 N–H and O–H groups in total. The predicted molar refractivity (Wildman–Crippen MR) is 115 cm³/mol. The van der Waals surface area contributed by atoms with Crippen molar-refractivity contribution in [3.8, 4) is 5.75 Å². The molecule has 0 aliphatic rings. The Hall–Kier alpha value is -2.33. The van der Waals surface area contributed by atoms with Gasteiger partial charge in [0.2, 0.25) is 0 Å². The maximum absolute atomic E-state index is 6.18. The number of thiophene rings is 1. The second kappa shape index (κ2) is 8.57. The molecule has 0 spiro atoms. The number of benzene rings is 3. The van der Waals surface area contributed by atoms with Gasteiger partial charge < -0.3 is 10.1 Å². The van der Waals surface area contributed by atoms with Gasteiger partial charge in [-0.05, 0) is 46.0 Å². The van der Waals surface area contributed by atoms with Gasteiger partial charge in [-0.25, -0.2) is 0 Å². The summed E-state index contributed by atoms with van der Waals surface area (Å²) >= 11 is 7.74. The highest BCUT2D eigenvalue weighted by atomic mass is 35.5. The van der Waals surface area contributed by atoms with Gasteiger partial charge in [0.15, 0.2) is 0 Å². The van der Waals surface area contributed by atoms with Crippen molar-refractivity contribution in [3.63, 3.8) is 0 Å². The molecule has 3 aromatic carbocycles. The van der Waals surface area contributed by atoms with Crippen LogP contribution in [0.5, 0.6) is 5.75 Å². The molecule has 4 aromatic rings. The van der Waals surface area contributed by atoms with E-state index >= 15 is 0 Å². The Morgan fingerprint density at radius 2 is 1.70 bits per heavy atom. The second-order valence-corrected chi connectivity index (χ2v) is 7.83. The molecule has 4 rings (SSSR count). The van der Waals surface area contributed by atoms with Crippen molar-refractivity contribution < 1.29 is 4.74 Å². The van der Waals surface area contributed by atoms with E-state index in [0.29, 0.717) is 6.61 Å². The maximum atomic E-state index is 6.18. The first-order valence-corrected chi connectivity index (χ1v) is 10.2. The van der Waals surface area contributed by atoms with E-state index < -0.39 is 0 Å². The fourth-order valence-electron chi connectivity index (χ4n) is 3.10. The minimum Gasteiger partial charge on any atom is -0.489 e. The van der Waals surface area contributed by atoms with Gasteiger partial charge in [0.25, 0.3) is 0 Å². The molecule has 0 aliphatic heterocycles. The molecule has 0 unspecified atom stereocenters. The van der Waals surface area contributed by atoms with Crippen molar-refractivity contribution in [2.75, 3.05) is 0 Å². The fourth-order valence-corrected chi connectivity index (χ4v) is 3.90. The largest absolute Gasteiger partial charge is 0.489 e. The zero-order valence-corrected chi connectivity index (χ0v) is 16.4. The molecule has 0 saturated carbocycles. The van der Waals surface area contributed by atoms with Gasteiger partial charge >= 0.3 is 0 Å². The van der Waals surface area contributed by atoms with Crippen LogP contribution >= 0.6 is 22.9 Å². The molecule has 2 nitrogen and oxygen atoms in total. The Labute approximate surface area is 168 Å². The zero-order chi connectivity index (χ0) is 18.5. The summed E-state index contributed by atoms with van der Waals surface area (Å²) in [7, 11) is 0. The topological polar surface area (TPSA) is 21.3 Å². The Kier molecular flexibility index (Phi) is 5.73. The van der Waals surface area contributed by atoms with Gasteiger partial charge in [-0.2, -0.15) is 0 Å². The molecule has 136 valence electrons. The first kappa shape index (κ1) is 18.1. The van der Waals surface area contributed by atoms with Crippen LogP contribution in [-0.4, -0.2) is 0 Å². The van der Waals surface area contributed by atoms with Gasteiger partial charge in [0, 0.05) is 28.6 Å². The van der Waals surface area contributed by atoms with Crippen molar-refractivity contribution in [1.29, 1.82) is 0 Å². The van der Waals surface area contributed by atoms with Crippen LogP contribution in [0, 0.1) is 0 Å². The standard InChI is InChI=1S/C23H20ClNOS/c24-19-10-7-17(8-11-19)16-26-23-12-9-18-4-1-2-6-21(18)22(23)15-25-14-20-5-3-13-27-20/h1-13,25H,14-16H2. The molecule has 0 aliphatic carbocycles. The minimum absolute atomic E-state index is 0.521. The molecule has 1 heterocycles. The first-order valence-electron chi connectivity index (χ1n) is 8.90. The number of fused-ring (bicyclic) bond motifs is 1. The van der Waals surface area contributed by atoms with Crippen LogP contribution in [0.1, 0.15) is 16.0 Å². The highest BCUT2D eigenvalue weighted by Gasteiger charge is 2.09. The molecule has 27 heavy (non-hydrogen) atoms. The van der Waals surface area contributed by atoms with Crippen molar-refractivity contribution in [2.45, 2.75) is 19.7 Å². The third kappa shape index (κ3) is 4.51. The normalized spacial score (nSPS) is 11.0. The highest BCUT2D eigenvalue weighted by molar-refractivity contribution is 7.09. The number of ether oxygens (including phenoxy) is 1. The average Bonchev–Trinajstić information content (AvgIpc) is 3.22. The molecule has 0 fully saturated rings. The third-order valence-corrected chi connectivity index (χ3v) is 5.61. The lowest BCUT2D eigenvalue weighted by Crippen LogP contribution is -2.13. The van der Waals surface area contributed by atoms with Gasteiger partial charge in [-0.3, -0.25) is 0 Å². The molecule has 0 bridgehead atoms. The van der Waals surface area contributed by atoms with Crippen LogP contribution < -0.4 is 10.1 Å². The van der Waals surface area contributed by atoms with Crippen LogP contribution in [0.2, 0.25) is 5.02 Å². The number of nitrogens with one attached hydrogen (secondary N) is 1. The van der Waals surface area contributed by atoms with E-state index in [4.69, 9.17) is 16.3 Å². The van der Waals surface area contributed by atoms with Crippen LogP contribution in [0.4, 0.5) is 0 Å².